The summed E-state index contributed by atoms with van der Waals surface area (Å²) in [6.45, 7) is 1.88. The molecule has 3 rings (SSSR count). The van der Waals surface area contributed by atoms with Crippen molar-refractivity contribution < 1.29 is 33.3 Å². The van der Waals surface area contributed by atoms with Crippen LogP contribution in [0.15, 0.2) is 6.07 Å². The number of benzene rings is 1. The molecular formula is C18H21NO7. The van der Waals surface area contributed by atoms with Gasteiger partial charge in [-0.15, -0.1) is 0 Å². The number of methoxy groups -OCH3 is 3. The largest absolute Gasteiger partial charge is 0.496 e. The summed E-state index contributed by atoms with van der Waals surface area (Å²) in [7, 11) is 4.15. The maximum Gasteiger partial charge on any atom is 0.325 e. The number of amides is 1. The molecule has 2 aliphatic heterocycles. The molecule has 0 radical (unpaired) electrons. The van der Waals surface area contributed by atoms with Crippen molar-refractivity contribution in [2.24, 2.45) is 5.92 Å². The Labute approximate surface area is 150 Å². The maximum atomic E-state index is 12.6. The molecule has 140 valence electrons. The average Bonchev–Trinajstić information content (AvgIpc) is 3.20. The second-order valence-electron chi connectivity index (χ2n) is 6.32. The van der Waals surface area contributed by atoms with Crippen molar-refractivity contribution in [3.05, 3.63) is 22.8 Å². The molecule has 26 heavy (non-hydrogen) atoms. The van der Waals surface area contributed by atoms with E-state index in [0.29, 0.717) is 23.5 Å². The van der Waals surface area contributed by atoms with Crippen molar-refractivity contribution in [2.45, 2.75) is 26.0 Å². The van der Waals surface area contributed by atoms with Crippen molar-refractivity contribution in [1.82, 2.24) is 4.90 Å². The van der Waals surface area contributed by atoms with Gasteiger partial charge in [-0.25, -0.2) is 0 Å². The van der Waals surface area contributed by atoms with Crippen LogP contribution in [0, 0.1) is 5.92 Å². The lowest BCUT2D eigenvalue weighted by atomic mass is 9.96. The van der Waals surface area contributed by atoms with E-state index in [1.165, 1.54) is 26.2 Å². The van der Waals surface area contributed by atoms with Gasteiger partial charge in [0, 0.05) is 17.5 Å². The highest BCUT2D eigenvalue weighted by Crippen LogP contribution is 2.44. The molecule has 8 heteroatoms. The third-order valence-corrected chi connectivity index (χ3v) is 4.88. The highest BCUT2D eigenvalue weighted by Gasteiger charge is 2.40. The van der Waals surface area contributed by atoms with Crippen molar-refractivity contribution in [1.29, 1.82) is 0 Å². The first-order valence-electron chi connectivity index (χ1n) is 8.24. The summed E-state index contributed by atoms with van der Waals surface area (Å²) in [6.07, 6.45) is 0.0999. The lowest BCUT2D eigenvalue weighted by molar-refractivity contribution is -0.147. The Bertz CT molecular complexity index is 773. The average molecular weight is 363 g/mol. The molecule has 0 unspecified atom stereocenters. The number of fused-ring (bicyclic) bond motifs is 2. The molecule has 1 amide bonds. The third-order valence-electron chi connectivity index (χ3n) is 4.88. The van der Waals surface area contributed by atoms with Crippen LogP contribution in [-0.2, 0) is 32.0 Å². The van der Waals surface area contributed by atoms with Gasteiger partial charge < -0.3 is 23.8 Å². The van der Waals surface area contributed by atoms with Crippen molar-refractivity contribution in [2.75, 3.05) is 27.9 Å². The number of nitrogens with zero attached hydrogens (tertiary/aromatic N) is 1. The Kier molecular flexibility index (Phi) is 4.76. The molecule has 8 nitrogen and oxygen atoms in total. The van der Waals surface area contributed by atoms with E-state index in [4.69, 9.17) is 14.2 Å². The zero-order valence-corrected chi connectivity index (χ0v) is 15.2. The summed E-state index contributed by atoms with van der Waals surface area (Å²) >= 11 is 0. The first-order chi connectivity index (χ1) is 12.4. The molecule has 0 N–H and O–H groups in total. The van der Waals surface area contributed by atoms with Gasteiger partial charge in [0.1, 0.15) is 24.1 Å². The molecule has 0 aliphatic carbocycles. The molecule has 1 aromatic carbocycles. The van der Waals surface area contributed by atoms with E-state index >= 15 is 0 Å². The summed E-state index contributed by atoms with van der Waals surface area (Å²) < 4.78 is 20.9. The number of esters is 2. The van der Waals surface area contributed by atoms with Crippen LogP contribution in [0.5, 0.6) is 11.5 Å². The number of hydrogen-bond donors (Lipinski definition) is 0. The zero-order valence-electron chi connectivity index (χ0n) is 15.2. The normalized spacial score (nSPS) is 18.7. The lowest BCUT2D eigenvalue weighted by Gasteiger charge is -2.16. The summed E-state index contributed by atoms with van der Waals surface area (Å²) in [5.41, 5.74) is 1.98. The number of ether oxygens (including phenoxy) is 4. The molecule has 0 aromatic heterocycles. The standard InChI is InChI=1S/C18H21NO7/c1-9(18(22)25-4)13-6-11-14(26-13)5-10-12(16(11)24-3)7-19(17(10)21)8-15(20)23-2/h5,9,13H,6-8H2,1-4H3/t9-,13+/m1/s1. The minimum Gasteiger partial charge on any atom is -0.496 e. The van der Waals surface area contributed by atoms with Crippen molar-refractivity contribution >= 4 is 17.8 Å². The van der Waals surface area contributed by atoms with Crippen LogP contribution in [0.3, 0.4) is 0 Å². The monoisotopic (exact) mass is 363 g/mol. The van der Waals surface area contributed by atoms with Crippen LogP contribution in [0.2, 0.25) is 0 Å². The van der Waals surface area contributed by atoms with E-state index in [-0.39, 0.29) is 31.1 Å². The van der Waals surface area contributed by atoms with E-state index in [2.05, 4.69) is 4.74 Å². The number of carbonyl (C=O) groups excluding carboxylic acids is 3. The highest BCUT2D eigenvalue weighted by molar-refractivity contribution is 6.01. The quantitative estimate of drug-likeness (QED) is 0.719. The second-order valence-corrected chi connectivity index (χ2v) is 6.32. The fourth-order valence-corrected chi connectivity index (χ4v) is 3.42. The maximum absolute atomic E-state index is 12.6. The van der Waals surface area contributed by atoms with Gasteiger partial charge >= 0.3 is 11.9 Å². The molecule has 0 saturated carbocycles. The number of rotatable bonds is 5. The van der Waals surface area contributed by atoms with E-state index in [0.717, 1.165) is 11.1 Å². The Morgan fingerprint density at radius 2 is 2.00 bits per heavy atom. The molecule has 0 spiro atoms. The number of carbonyl (C=O) groups is 3. The van der Waals surface area contributed by atoms with Crippen LogP contribution < -0.4 is 9.47 Å². The summed E-state index contributed by atoms with van der Waals surface area (Å²) in [5.74, 6) is -0.471. The van der Waals surface area contributed by atoms with Crippen LogP contribution in [0.25, 0.3) is 0 Å². The van der Waals surface area contributed by atoms with Crippen LogP contribution in [-0.4, -0.2) is 56.7 Å². The Balaban J connectivity index is 1.91. The van der Waals surface area contributed by atoms with Gasteiger partial charge in [-0.2, -0.15) is 0 Å². The highest BCUT2D eigenvalue weighted by atomic mass is 16.5. The van der Waals surface area contributed by atoms with Crippen LogP contribution in [0.4, 0.5) is 0 Å². The van der Waals surface area contributed by atoms with Gasteiger partial charge in [-0.3, -0.25) is 14.4 Å². The van der Waals surface area contributed by atoms with Crippen molar-refractivity contribution in [3.8, 4) is 11.5 Å². The predicted octanol–water partition coefficient (Wildman–Crippen LogP) is 0.937. The molecule has 0 bridgehead atoms. The van der Waals surface area contributed by atoms with Crippen molar-refractivity contribution in [3.63, 3.8) is 0 Å². The van der Waals surface area contributed by atoms with E-state index < -0.39 is 11.9 Å². The van der Waals surface area contributed by atoms with Gasteiger partial charge in [-0.1, -0.05) is 0 Å². The van der Waals surface area contributed by atoms with E-state index in [1.807, 2.05) is 0 Å². The lowest BCUT2D eigenvalue weighted by Crippen LogP contribution is -2.31. The number of hydrogen-bond acceptors (Lipinski definition) is 7. The zero-order chi connectivity index (χ0) is 19.0. The fourth-order valence-electron chi connectivity index (χ4n) is 3.42. The topological polar surface area (TPSA) is 91.4 Å². The molecule has 2 atom stereocenters. The molecule has 1 aromatic rings. The van der Waals surface area contributed by atoms with Gasteiger partial charge in [0.2, 0.25) is 0 Å². The van der Waals surface area contributed by atoms with Gasteiger partial charge in [0.05, 0.1) is 39.4 Å². The van der Waals surface area contributed by atoms with Crippen LogP contribution in [0.1, 0.15) is 28.4 Å². The first-order valence-corrected chi connectivity index (χ1v) is 8.24. The van der Waals surface area contributed by atoms with Crippen LogP contribution >= 0.6 is 0 Å². The van der Waals surface area contributed by atoms with E-state index in [9.17, 15) is 14.4 Å². The summed E-state index contributed by atoms with van der Waals surface area (Å²) in [5, 5.41) is 0. The molecular weight excluding hydrogens is 342 g/mol. The molecule has 0 fully saturated rings. The fraction of sp³-hybridized carbons (Fsp3) is 0.500. The molecule has 0 saturated heterocycles. The molecule has 2 aliphatic rings. The Morgan fingerprint density at radius 3 is 2.62 bits per heavy atom. The minimum atomic E-state index is -0.485. The minimum absolute atomic E-state index is 0.124. The third kappa shape index (κ3) is 2.85. The predicted molar refractivity (Wildman–Crippen MR) is 89.1 cm³/mol. The van der Waals surface area contributed by atoms with Gasteiger partial charge in [0.15, 0.2) is 0 Å². The smallest absolute Gasteiger partial charge is 0.325 e. The Hall–Kier alpha value is -2.77. The summed E-state index contributed by atoms with van der Waals surface area (Å²) in [4.78, 5) is 37.3. The molecule has 2 heterocycles. The second kappa shape index (κ2) is 6.86. The Morgan fingerprint density at radius 1 is 1.27 bits per heavy atom. The van der Waals surface area contributed by atoms with E-state index in [1.54, 1.807) is 13.0 Å². The van der Waals surface area contributed by atoms with Gasteiger partial charge in [0.25, 0.3) is 5.91 Å². The first kappa shape index (κ1) is 18.0. The summed E-state index contributed by atoms with van der Waals surface area (Å²) in [6, 6.07) is 1.66. The SMILES string of the molecule is COC(=O)CN1Cc2c(cc3c(c2OC)C[C@@H]([C@@H](C)C(=O)OC)O3)C1=O. The van der Waals surface area contributed by atoms with Gasteiger partial charge in [-0.05, 0) is 13.0 Å².